The first-order valence-corrected chi connectivity index (χ1v) is 11.0. The smallest absolute Gasteiger partial charge is 0.323 e. The van der Waals surface area contributed by atoms with Crippen LogP contribution >= 0.6 is 0 Å². The topological polar surface area (TPSA) is 107 Å². The third-order valence-corrected chi connectivity index (χ3v) is 6.77. The van der Waals surface area contributed by atoms with Gasteiger partial charge in [-0.1, -0.05) is 12.1 Å². The summed E-state index contributed by atoms with van der Waals surface area (Å²) < 4.78 is 33.7. The lowest BCUT2D eigenvalue weighted by atomic mass is 10.1. The number of sulfonamides is 1. The van der Waals surface area contributed by atoms with Gasteiger partial charge in [0.1, 0.15) is 5.75 Å². The van der Waals surface area contributed by atoms with Gasteiger partial charge >= 0.3 is 5.69 Å². The lowest BCUT2D eigenvalue weighted by Gasteiger charge is -2.28. The average Bonchev–Trinajstić information content (AvgIpc) is 3.37. The Morgan fingerprint density at radius 2 is 1.76 bits per heavy atom. The molecule has 0 amide bonds. The molecular formula is C20H24N4O4S. The second-order valence-corrected chi connectivity index (χ2v) is 8.94. The number of methoxy groups -OCH3 is 1. The maximum absolute atomic E-state index is 12.9. The van der Waals surface area contributed by atoms with Crippen LogP contribution in [-0.4, -0.2) is 50.0 Å². The van der Waals surface area contributed by atoms with Crippen molar-refractivity contribution in [3.05, 3.63) is 58.5 Å². The Hall–Kier alpha value is -2.62. The summed E-state index contributed by atoms with van der Waals surface area (Å²) in [6, 6.07) is 12.2. The van der Waals surface area contributed by atoms with Gasteiger partial charge in [0.2, 0.25) is 10.0 Å². The molecule has 0 radical (unpaired) electrons. The number of ether oxygens (including phenoxy) is 1. The number of aromatic amines is 2. The maximum Gasteiger partial charge on any atom is 0.323 e. The van der Waals surface area contributed by atoms with Crippen LogP contribution < -0.4 is 15.1 Å². The lowest BCUT2D eigenvalue weighted by Crippen LogP contribution is -2.36. The summed E-state index contributed by atoms with van der Waals surface area (Å²) in [6.45, 7) is 2.14. The van der Waals surface area contributed by atoms with Gasteiger partial charge in [-0.05, 0) is 61.8 Å². The maximum atomic E-state index is 12.9. The fourth-order valence-corrected chi connectivity index (χ4v) is 4.85. The quantitative estimate of drug-likeness (QED) is 0.546. The zero-order valence-electron chi connectivity index (χ0n) is 16.1. The molecule has 1 aromatic heterocycles. The van der Waals surface area contributed by atoms with E-state index in [9.17, 15) is 13.2 Å². The fraction of sp³-hybridized carbons (Fsp3) is 0.350. The van der Waals surface area contributed by atoms with Crippen molar-refractivity contribution in [3.8, 4) is 5.75 Å². The van der Waals surface area contributed by atoms with Gasteiger partial charge in [0.15, 0.2) is 0 Å². The number of hydrogen-bond acceptors (Lipinski definition) is 5. The van der Waals surface area contributed by atoms with Crippen molar-refractivity contribution in [2.75, 3.05) is 26.7 Å². The van der Waals surface area contributed by atoms with Crippen molar-refractivity contribution in [2.45, 2.75) is 23.8 Å². The number of rotatable bonds is 7. The summed E-state index contributed by atoms with van der Waals surface area (Å²) in [7, 11) is -2.10. The number of aromatic nitrogens is 2. The van der Waals surface area contributed by atoms with E-state index in [4.69, 9.17) is 4.74 Å². The molecule has 0 spiro atoms. The van der Waals surface area contributed by atoms with Gasteiger partial charge in [-0.15, -0.1) is 0 Å². The molecule has 8 nitrogen and oxygen atoms in total. The molecule has 1 fully saturated rings. The van der Waals surface area contributed by atoms with Crippen LogP contribution in [0.5, 0.6) is 5.75 Å². The highest BCUT2D eigenvalue weighted by molar-refractivity contribution is 7.89. The molecule has 0 aliphatic carbocycles. The predicted octanol–water partition coefficient (Wildman–Crippen LogP) is 1.98. The number of fused-ring (bicyclic) bond motifs is 1. The first kappa shape index (κ1) is 19.7. The van der Waals surface area contributed by atoms with E-state index >= 15 is 0 Å². The SMILES string of the molecule is COc1ccc([C@@H](CNS(=O)(=O)c2ccc3[nH]c(=O)[nH]c3c2)N2CCCC2)cc1. The molecule has 0 saturated carbocycles. The van der Waals surface area contributed by atoms with Crippen LogP contribution in [0.15, 0.2) is 52.2 Å². The first-order valence-electron chi connectivity index (χ1n) is 9.56. The van der Waals surface area contributed by atoms with Crippen molar-refractivity contribution in [3.63, 3.8) is 0 Å². The van der Waals surface area contributed by atoms with E-state index in [1.165, 1.54) is 12.1 Å². The van der Waals surface area contributed by atoms with Crippen LogP contribution in [0.3, 0.4) is 0 Å². The molecule has 0 unspecified atom stereocenters. The molecule has 3 N–H and O–H groups in total. The molecule has 1 saturated heterocycles. The first-order chi connectivity index (χ1) is 14.0. The zero-order chi connectivity index (χ0) is 20.4. The number of benzene rings is 2. The van der Waals surface area contributed by atoms with Gasteiger partial charge in [0.25, 0.3) is 0 Å². The van der Waals surface area contributed by atoms with Gasteiger partial charge in [0.05, 0.1) is 23.0 Å². The van der Waals surface area contributed by atoms with Crippen LogP contribution in [0.1, 0.15) is 24.4 Å². The lowest BCUT2D eigenvalue weighted by molar-refractivity contribution is 0.246. The standard InChI is InChI=1S/C20H24N4O4S/c1-28-15-6-4-14(5-7-15)19(24-10-2-3-11-24)13-21-29(26,27)16-8-9-17-18(12-16)23-20(25)22-17/h4-9,12,19,21H,2-3,10-11,13H2,1H3,(H2,22,23,25)/t19-/m1/s1. The summed E-state index contributed by atoms with van der Waals surface area (Å²) in [6.07, 6.45) is 2.22. The van der Waals surface area contributed by atoms with Gasteiger partial charge in [-0.25, -0.2) is 17.9 Å². The molecule has 1 aliphatic rings. The van der Waals surface area contributed by atoms with Crippen LogP contribution in [0.2, 0.25) is 0 Å². The number of imidazole rings is 1. The van der Waals surface area contributed by atoms with Gasteiger partial charge < -0.3 is 14.7 Å². The Morgan fingerprint density at radius 3 is 2.45 bits per heavy atom. The third-order valence-electron chi connectivity index (χ3n) is 5.35. The Morgan fingerprint density at radius 1 is 1.07 bits per heavy atom. The number of likely N-dealkylation sites (tertiary alicyclic amines) is 1. The molecule has 1 atom stereocenters. The van der Waals surface area contributed by atoms with Gasteiger partial charge in [0, 0.05) is 12.6 Å². The van der Waals surface area contributed by atoms with Crippen molar-refractivity contribution < 1.29 is 13.2 Å². The normalized spacial score (nSPS) is 16.3. The molecule has 1 aliphatic heterocycles. The van der Waals surface area contributed by atoms with E-state index < -0.39 is 10.0 Å². The number of nitrogens with zero attached hydrogens (tertiary/aromatic N) is 1. The molecule has 4 rings (SSSR count). The minimum Gasteiger partial charge on any atom is -0.497 e. The van der Waals surface area contributed by atoms with Crippen LogP contribution in [0.4, 0.5) is 0 Å². The fourth-order valence-electron chi connectivity index (χ4n) is 3.79. The van der Waals surface area contributed by atoms with Gasteiger partial charge in [-0.3, -0.25) is 4.90 Å². The number of H-pyrrole nitrogens is 2. The average molecular weight is 417 g/mol. The molecule has 0 bridgehead atoms. The van der Waals surface area contributed by atoms with Crippen molar-refractivity contribution in [1.82, 2.24) is 19.6 Å². The van der Waals surface area contributed by atoms with E-state index in [0.29, 0.717) is 11.0 Å². The van der Waals surface area contributed by atoms with E-state index in [0.717, 1.165) is 37.2 Å². The van der Waals surface area contributed by atoms with E-state index in [1.54, 1.807) is 13.2 Å². The Balaban J connectivity index is 1.56. The largest absolute Gasteiger partial charge is 0.497 e. The van der Waals surface area contributed by atoms with Crippen molar-refractivity contribution >= 4 is 21.1 Å². The Kier molecular flexibility index (Phi) is 5.44. The van der Waals surface area contributed by atoms with E-state index in [2.05, 4.69) is 19.6 Å². The summed E-state index contributed by atoms with van der Waals surface area (Å²) in [5.74, 6) is 0.767. The van der Waals surface area contributed by atoms with Crippen molar-refractivity contribution in [2.24, 2.45) is 0 Å². The van der Waals surface area contributed by atoms with Crippen LogP contribution in [0.25, 0.3) is 11.0 Å². The summed E-state index contributed by atoms with van der Waals surface area (Å²) >= 11 is 0. The molecular weight excluding hydrogens is 392 g/mol. The summed E-state index contributed by atoms with van der Waals surface area (Å²) in [4.78, 5) is 19.1. The van der Waals surface area contributed by atoms with Crippen LogP contribution in [-0.2, 0) is 10.0 Å². The molecule has 9 heteroatoms. The Bertz CT molecular complexity index is 1150. The number of nitrogens with one attached hydrogen (secondary N) is 3. The minimum absolute atomic E-state index is 0.0611. The van der Waals surface area contributed by atoms with Crippen LogP contribution in [0, 0.1) is 0 Å². The highest BCUT2D eigenvalue weighted by atomic mass is 32.2. The molecule has 154 valence electrons. The zero-order valence-corrected chi connectivity index (χ0v) is 17.0. The summed E-state index contributed by atoms with van der Waals surface area (Å²) in [5.41, 5.74) is 1.71. The second-order valence-electron chi connectivity index (χ2n) is 7.17. The van der Waals surface area contributed by atoms with Gasteiger partial charge in [-0.2, -0.15) is 0 Å². The Labute approximate surface area is 168 Å². The molecule has 29 heavy (non-hydrogen) atoms. The number of hydrogen-bond donors (Lipinski definition) is 3. The second kappa shape index (κ2) is 8.02. The minimum atomic E-state index is -3.73. The van der Waals surface area contributed by atoms with E-state index in [1.807, 2.05) is 24.3 Å². The highest BCUT2D eigenvalue weighted by Crippen LogP contribution is 2.27. The monoisotopic (exact) mass is 416 g/mol. The molecule has 3 aromatic rings. The molecule has 2 heterocycles. The third kappa shape index (κ3) is 4.21. The summed E-state index contributed by atoms with van der Waals surface area (Å²) in [5, 5.41) is 0. The highest BCUT2D eigenvalue weighted by Gasteiger charge is 2.26. The molecule has 2 aromatic carbocycles. The predicted molar refractivity (Wildman–Crippen MR) is 111 cm³/mol. The van der Waals surface area contributed by atoms with E-state index in [-0.39, 0.29) is 23.2 Å². The van der Waals surface area contributed by atoms with Crippen molar-refractivity contribution in [1.29, 1.82) is 0 Å².